The number of rotatable bonds is 2. The maximum absolute atomic E-state index is 12.9. The van der Waals surface area contributed by atoms with Crippen LogP contribution in [0.1, 0.15) is 39.7 Å². The van der Waals surface area contributed by atoms with Gasteiger partial charge < -0.3 is 10.5 Å². The third kappa shape index (κ3) is 2.70. The molecule has 1 saturated heterocycles. The van der Waals surface area contributed by atoms with Crippen molar-refractivity contribution < 1.29 is 8.95 Å². The third-order valence-electron chi connectivity index (χ3n) is 3.79. The molecule has 1 aromatic rings. The molecular formula is C15H23NO2S. The standard InChI is InChI=1S/C15H23NO2S/c1-10-11(16)7-6-8-12(10)19(17)13-9-14(2,3)18-15(13,4)5/h6-8,13H,9,16H2,1-5H3. The molecular weight excluding hydrogens is 258 g/mol. The van der Waals surface area contributed by atoms with Gasteiger partial charge in [-0.05, 0) is 58.7 Å². The van der Waals surface area contributed by atoms with Crippen LogP contribution in [0.3, 0.4) is 0 Å². The van der Waals surface area contributed by atoms with Crippen molar-refractivity contribution in [1.29, 1.82) is 0 Å². The molecule has 1 fully saturated rings. The highest BCUT2D eigenvalue weighted by atomic mass is 32.2. The van der Waals surface area contributed by atoms with Gasteiger partial charge in [-0.25, -0.2) is 0 Å². The molecule has 0 radical (unpaired) electrons. The molecule has 1 aliphatic rings. The molecule has 106 valence electrons. The van der Waals surface area contributed by atoms with E-state index in [9.17, 15) is 4.21 Å². The van der Waals surface area contributed by atoms with E-state index < -0.39 is 10.8 Å². The lowest BCUT2D eigenvalue weighted by Crippen LogP contribution is -2.36. The molecule has 0 aromatic heterocycles. The molecule has 0 aliphatic carbocycles. The molecule has 0 saturated carbocycles. The van der Waals surface area contributed by atoms with Crippen LogP contribution in [0.2, 0.25) is 0 Å². The minimum absolute atomic E-state index is 0.0111. The van der Waals surface area contributed by atoms with Gasteiger partial charge in [-0.3, -0.25) is 4.21 Å². The van der Waals surface area contributed by atoms with E-state index in [1.807, 2.05) is 39.0 Å². The summed E-state index contributed by atoms with van der Waals surface area (Å²) in [6.07, 6.45) is 0.793. The zero-order valence-corrected chi connectivity index (χ0v) is 13.1. The van der Waals surface area contributed by atoms with E-state index in [1.165, 1.54) is 0 Å². The quantitative estimate of drug-likeness (QED) is 0.848. The second kappa shape index (κ2) is 4.60. The predicted molar refractivity (Wildman–Crippen MR) is 79.6 cm³/mol. The van der Waals surface area contributed by atoms with Crippen LogP contribution >= 0.6 is 0 Å². The Hall–Kier alpha value is -0.870. The van der Waals surface area contributed by atoms with Crippen LogP contribution < -0.4 is 5.73 Å². The van der Waals surface area contributed by atoms with Crippen molar-refractivity contribution in [3.63, 3.8) is 0 Å². The van der Waals surface area contributed by atoms with Crippen molar-refractivity contribution in [2.45, 2.75) is 62.4 Å². The van der Waals surface area contributed by atoms with Crippen LogP contribution in [0.15, 0.2) is 23.1 Å². The van der Waals surface area contributed by atoms with Crippen molar-refractivity contribution in [2.75, 3.05) is 5.73 Å². The van der Waals surface area contributed by atoms with Crippen molar-refractivity contribution in [2.24, 2.45) is 0 Å². The zero-order valence-electron chi connectivity index (χ0n) is 12.3. The summed E-state index contributed by atoms with van der Waals surface area (Å²) in [5, 5.41) is -0.0111. The first-order chi connectivity index (χ1) is 8.64. The van der Waals surface area contributed by atoms with Crippen LogP contribution in [-0.2, 0) is 15.5 Å². The molecule has 3 nitrogen and oxygen atoms in total. The average Bonchev–Trinajstić information content (AvgIpc) is 2.50. The van der Waals surface area contributed by atoms with Gasteiger partial charge in [-0.15, -0.1) is 0 Å². The summed E-state index contributed by atoms with van der Waals surface area (Å²) in [5.41, 5.74) is 6.92. The van der Waals surface area contributed by atoms with E-state index in [1.54, 1.807) is 0 Å². The Labute approximate surface area is 118 Å². The molecule has 2 rings (SSSR count). The molecule has 2 N–H and O–H groups in total. The SMILES string of the molecule is Cc1c(N)cccc1S(=O)C1CC(C)(C)OC1(C)C. The minimum atomic E-state index is -1.10. The first-order valence-electron chi connectivity index (χ1n) is 6.60. The van der Waals surface area contributed by atoms with Gasteiger partial charge in [-0.1, -0.05) is 6.07 Å². The van der Waals surface area contributed by atoms with Crippen LogP contribution in [0.25, 0.3) is 0 Å². The Balaban J connectivity index is 2.37. The maximum Gasteiger partial charge on any atom is 0.0781 e. The second-order valence-electron chi connectivity index (χ2n) is 6.43. The summed E-state index contributed by atoms with van der Waals surface area (Å²) in [5.74, 6) is 0. The molecule has 1 aliphatic heterocycles. The topological polar surface area (TPSA) is 52.3 Å². The van der Waals surface area contributed by atoms with Gasteiger partial charge in [0.05, 0.1) is 27.3 Å². The number of hydrogen-bond donors (Lipinski definition) is 1. The van der Waals surface area contributed by atoms with E-state index in [0.29, 0.717) is 5.69 Å². The summed E-state index contributed by atoms with van der Waals surface area (Å²) in [6.45, 7) is 10.1. The molecule has 0 amide bonds. The number of anilines is 1. The second-order valence-corrected chi connectivity index (χ2v) is 8.03. The molecule has 0 bridgehead atoms. The number of hydrogen-bond acceptors (Lipinski definition) is 3. The predicted octanol–water partition coefficient (Wildman–Crippen LogP) is 3.03. The summed E-state index contributed by atoms with van der Waals surface area (Å²) in [6, 6.07) is 5.61. The molecule has 4 heteroatoms. The minimum Gasteiger partial charge on any atom is -0.398 e. The average molecular weight is 281 g/mol. The third-order valence-corrected chi connectivity index (χ3v) is 5.92. The van der Waals surface area contributed by atoms with Gasteiger partial charge in [0.2, 0.25) is 0 Å². The van der Waals surface area contributed by atoms with E-state index in [2.05, 4.69) is 13.8 Å². The summed E-state index contributed by atoms with van der Waals surface area (Å²) < 4.78 is 18.9. The van der Waals surface area contributed by atoms with E-state index in [-0.39, 0.29) is 16.5 Å². The van der Waals surface area contributed by atoms with Gasteiger partial charge in [0.1, 0.15) is 0 Å². The molecule has 2 atom stereocenters. The summed E-state index contributed by atoms with van der Waals surface area (Å²) in [4.78, 5) is 0.833. The van der Waals surface area contributed by atoms with Gasteiger partial charge in [0.25, 0.3) is 0 Å². The Morgan fingerprint density at radius 1 is 1.32 bits per heavy atom. The Morgan fingerprint density at radius 2 is 1.95 bits per heavy atom. The first kappa shape index (κ1) is 14.5. The van der Waals surface area contributed by atoms with Crippen molar-refractivity contribution >= 4 is 16.5 Å². The lowest BCUT2D eigenvalue weighted by Gasteiger charge is -2.27. The van der Waals surface area contributed by atoms with Crippen molar-refractivity contribution in [1.82, 2.24) is 0 Å². The number of nitrogens with two attached hydrogens (primary N) is 1. The molecule has 19 heavy (non-hydrogen) atoms. The lowest BCUT2D eigenvalue weighted by molar-refractivity contribution is -0.0633. The smallest absolute Gasteiger partial charge is 0.0781 e. The normalized spacial score (nSPS) is 26.3. The number of benzene rings is 1. The summed E-state index contributed by atoms with van der Waals surface area (Å²) >= 11 is 0. The van der Waals surface area contributed by atoms with Crippen molar-refractivity contribution in [3.05, 3.63) is 23.8 Å². The molecule has 2 unspecified atom stereocenters. The maximum atomic E-state index is 12.9. The van der Waals surface area contributed by atoms with E-state index in [4.69, 9.17) is 10.5 Å². The fourth-order valence-corrected chi connectivity index (χ4v) is 4.90. The van der Waals surface area contributed by atoms with Crippen LogP contribution in [0.5, 0.6) is 0 Å². The number of ether oxygens (including phenoxy) is 1. The molecule has 0 spiro atoms. The fourth-order valence-electron chi connectivity index (χ4n) is 2.85. The highest BCUT2D eigenvalue weighted by Crippen LogP contribution is 2.42. The lowest BCUT2D eigenvalue weighted by atomic mass is 10.0. The fraction of sp³-hybridized carbons (Fsp3) is 0.600. The van der Waals surface area contributed by atoms with E-state index in [0.717, 1.165) is 16.9 Å². The van der Waals surface area contributed by atoms with Gasteiger partial charge >= 0.3 is 0 Å². The highest BCUT2D eigenvalue weighted by molar-refractivity contribution is 7.85. The van der Waals surface area contributed by atoms with Crippen molar-refractivity contribution in [3.8, 4) is 0 Å². The monoisotopic (exact) mass is 281 g/mol. The highest BCUT2D eigenvalue weighted by Gasteiger charge is 2.49. The Morgan fingerprint density at radius 3 is 2.47 bits per heavy atom. The molecule has 1 aromatic carbocycles. The largest absolute Gasteiger partial charge is 0.398 e. The van der Waals surface area contributed by atoms with Crippen LogP contribution in [-0.4, -0.2) is 20.7 Å². The van der Waals surface area contributed by atoms with Crippen LogP contribution in [0.4, 0.5) is 5.69 Å². The first-order valence-corrected chi connectivity index (χ1v) is 7.81. The van der Waals surface area contributed by atoms with Gasteiger partial charge in [0.15, 0.2) is 0 Å². The van der Waals surface area contributed by atoms with Gasteiger partial charge in [-0.2, -0.15) is 0 Å². The van der Waals surface area contributed by atoms with E-state index >= 15 is 0 Å². The van der Waals surface area contributed by atoms with Gasteiger partial charge in [0, 0.05) is 10.6 Å². The Bertz CT molecular complexity index is 523. The zero-order chi connectivity index (χ0) is 14.4. The summed E-state index contributed by atoms with van der Waals surface area (Å²) in [7, 11) is -1.10. The molecule has 1 heterocycles. The van der Waals surface area contributed by atoms with Crippen LogP contribution in [0, 0.1) is 6.92 Å². The Kier molecular flexibility index (Phi) is 3.52. The number of nitrogen functional groups attached to an aromatic ring is 1.